The van der Waals surface area contributed by atoms with Gasteiger partial charge in [0, 0.05) is 36.5 Å². The predicted octanol–water partition coefficient (Wildman–Crippen LogP) is 3.21. The Hall–Kier alpha value is -3.23. The van der Waals surface area contributed by atoms with Crippen molar-refractivity contribution in [1.82, 2.24) is 15.8 Å². The van der Waals surface area contributed by atoms with Gasteiger partial charge in [-0.3, -0.25) is 14.8 Å². The van der Waals surface area contributed by atoms with Gasteiger partial charge in [-0.25, -0.2) is 10.5 Å². The fraction of sp³-hybridized carbons (Fsp3) is 0.227. The minimum Gasteiger partial charge on any atom is -0.371 e. The molecule has 8 heteroatoms. The van der Waals surface area contributed by atoms with Crippen molar-refractivity contribution in [1.29, 1.82) is 0 Å². The monoisotopic (exact) mass is 422 g/mol. The lowest BCUT2D eigenvalue weighted by Crippen LogP contribution is -2.44. The minimum atomic E-state index is -0.567. The highest BCUT2D eigenvalue weighted by Gasteiger charge is 2.22. The summed E-state index contributed by atoms with van der Waals surface area (Å²) in [7, 11) is 0. The Morgan fingerprint density at radius 1 is 1.17 bits per heavy atom. The number of benzene rings is 2. The molecular weight excluding hydrogens is 400 g/mol. The summed E-state index contributed by atoms with van der Waals surface area (Å²) < 4.78 is 1.01. The molecule has 0 saturated carbocycles. The van der Waals surface area contributed by atoms with E-state index in [0.717, 1.165) is 47.4 Å². The number of thiazole rings is 1. The van der Waals surface area contributed by atoms with Gasteiger partial charge >= 0.3 is 0 Å². The number of nitrogens with one attached hydrogen (secondary N) is 2. The number of carbonyl (C=O) groups is 2. The van der Waals surface area contributed by atoms with Gasteiger partial charge in [-0.1, -0.05) is 18.2 Å². The topological polar surface area (TPSA) is 94.6 Å². The van der Waals surface area contributed by atoms with Crippen LogP contribution in [0.2, 0.25) is 0 Å². The van der Waals surface area contributed by atoms with Crippen LogP contribution in [0.3, 0.4) is 0 Å². The number of amides is 2. The molecule has 3 N–H and O–H groups in total. The molecule has 2 heterocycles. The summed E-state index contributed by atoms with van der Waals surface area (Å²) in [6.07, 6.45) is 4.66. The third kappa shape index (κ3) is 4.50. The number of piperidine rings is 1. The summed E-state index contributed by atoms with van der Waals surface area (Å²) in [5, 5.41) is 11.8. The highest BCUT2D eigenvalue weighted by Crippen LogP contribution is 2.26. The second kappa shape index (κ2) is 9.06. The first kappa shape index (κ1) is 20.1. The van der Waals surface area contributed by atoms with E-state index in [1.807, 2.05) is 42.5 Å². The Labute approximate surface area is 178 Å². The number of hydrogen-bond acceptors (Lipinski definition) is 6. The van der Waals surface area contributed by atoms with Gasteiger partial charge in [0.05, 0.1) is 15.7 Å². The van der Waals surface area contributed by atoms with E-state index in [9.17, 15) is 9.59 Å². The normalized spacial score (nSPS) is 14.9. The Bertz CT molecular complexity index is 1090. The number of nitrogens with zero attached hydrogens (tertiary/aromatic N) is 2. The van der Waals surface area contributed by atoms with Crippen LogP contribution in [-0.4, -0.2) is 41.1 Å². The number of anilines is 1. The van der Waals surface area contributed by atoms with Crippen molar-refractivity contribution >= 4 is 45.1 Å². The van der Waals surface area contributed by atoms with Gasteiger partial charge in [0.1, 0.15) is 0 Å². The molecule has 1 saturated heterocycles. The molecule has 3 aromatic rings. The van der Waals surface area contributed by atoms with Crippen molar-refractivity contribution in [2.24, 2.45) is 0 Å². The van der Waals surface area contributed by atoms with E-state index < -0.39 is 5.91 Å². The minimum absolute atomic E-state index is 0.0536. The number of hydroxylamine groups is 1. The van der Waals surface area contributed by atoms with Crippen molar-refractivity contribution in [3.8, 4) is 0 Å². The average molecular weight is 423 g/mol. The molecule has 1 aliphatic rings. The van der Waals surface area contributed by atoms with Gasteiger partial charge in [-0.15, -0.1) is 11.3 Å². The van der Waals surface area contributed by atoms with Crippen LogP contribution in [0.4, 0.5) is 5.69 Å². The summed E-state index contributed by atoms with van der Waals surface area (Å²) in [5.74, 6) is -0.621. The number of para-hydroxylation sites is 1. The van der Waals surface area contributed by atoms with Crippen LogP contribution in [0.25, 0.3) is 16.3 Å². The number of aromatic nitrogens is 1. The maximum atomic E-state index is 12.7. The van der Waals surface area contributed by atoms with Crippen molar-refractivity contribution in [2.75, 3.05) is 18.0 Å². The summed E-state index contributed by atoms with van der Waals surface area (Å²) in [4.78, 5) is 30.4. The molecule has 2 aromatic carbocycles. The smallest absolute Gasteiger partial charge is 0.267 e. The SMILES string of the molecule is O=C(/C=C/c1ccccc1N1CCC(NC(=O)c2ccc3ncsc3c2)CC1)NO. The lowest BCUT2D eigenvalue weighted by molar-refractivity contribution is -0.124. The van der Waals surface area contributed by atoms with Gasteiger partial charge in [-0.2, -0.15) is 0 Å². The van der Waals surface area contributed by atoms with Crippen molar-refractivity contribution in [3.63, 3.8) is 0 Å². The molecule has 1 fully saturated rings. The molecule has 0 spiro atoms. The highest BCUT2D eigenvalue weighted by atomic mass is 32.1. The zero-order valence-electron chi connectivity index (χ0n) is 16.2. The standard InChI is InChI=1S/C22H22N4O3S/c27-21(25-29)8-6-15-3-1-2-4-19(15)26-11-9-17(10-12-26)24-22(28)16-5-7-18-20(13-16)30-14-23-18/h1-8,13-14,17,29H,9-12H2,(H,24,28)(H,25,27)/b8-6+. The van der Waals surface area contributed by atoms with Gasteiger partial charge in [0.15, 0.2) is 0 Å². The number of carbonyl (C=O) groups excluding carboxylic acids is 2. The van der Waals surface area contributed by atoms with E-state index in [1.54, 1.807) is 17.1 Å². The number of fused-ring (bicyclic) bond motifs is 1. The van der Waals surface area contributed by atoms with Gasteiger partial charge in [-0.05, 0) is 48.7 Å². The summed E-state index contributed by atoms with van der Waals surface area (Å²) in [6, 6.07) is 13.5. The van der Waals surface area contributed by atoms with E-state index in [2.05, 4.69) is 15.2 Å². The molecule has 0 bridgehead atoms. The third-order valence-electron chi connectivity index (χ3n) is 5.23. The van der Waals surface area contributed by atoms with Crippen LogP contribution >= 0.6 is 11.3 Å². The van der Waals surface area contributed by atoms with Crippen molar-refractivity contribution in [3.05, 3.63) is 65.2 Å². The second-order valence-corrected chi connectivity index (χ2v) is 8.02. The van der Waals surface area contributed by atoms with E-state index in [-0.39, 0.29) is 11.9 Å². The zero-order chi connectivity index (χ0) is 20.9. The Morgan fingerprint density at radius 2 is 1.97 bits per heavy atom. The quantitative estimate of drug-likeness (QED) is 0.333. The molecule has 0 unspecified atom stereocenters. The Balaban J connectivity index is 1.38. The van der Waals surface area contributed by atoms with Crippen LogP contribution in [0.5, 0.6) is 0 Å². The van der Waals surface area contributed by atoms with E-state index in [1.165, 1.54) is 17.4 Å². The molecule has 0 radical (unpaired) electrons. The van der Waals surface area contributed by atoms with Crippen LogP contribution < -0.4 is 15.7 Å². The molecule has 30 heavy (non-hydrogen) atoms. The molecule has 1 aromatic heterocycles. The van der Waals surface area contributed by atoms with Crippen LogP contribution in [0.1, 0.15) is 28.8 Å². The zero-order valence-corrected chi connectivity index (χ0v) is 17.1. The van der Waals surface area contributed by atoms with Crippen molar-refractivity contribution in [2.45, 2.75) is 18.9 Å². The van der Waals surface area contributed by atoms with Gasteiger partial charge in [0.25, 0.3) is 11.8 Å². The Kier molecular flexibility index (Phi) is 6.06. The molecule has 1 aliphatic heterocycles. The molecular formula is C22H22N4O3S. The first-order valence-electron chi connectivity index (χ1n) is 9.74. The van der Waals surface area contributed by atoms with E-state index in [0.29, 0.717) is 5.56 Å². The highest BCUT2D eigenvalue weighted by molar-refractivity contribution is 7.16. The fourth-order valence-corrected chi connectivity index (χ4v) is 4.37. The predicted molar refractivity (Wildman–Crippen MR) is 118 cm³/mol. The largest absolute Gasteiger partial charge is 0.371 e. The molecule has 2 amide bonds. The molecule has 154 valence electrons. The first-order valence-corrected chi connectivity index (χ1v) is 10.6. The lowest BCUT2D eigenvalue weighted by Gasteiger charge is -2.34. The van der Waals surface area contributed by atoms with Crippen LogP contribution in [-0.2, 0) is 4.79 Å². The number of rotatable bonds is 5. The summed E-state index contributed by atoms with van der Waals surface area (Å²) >= 11 is 1.53. The second-order valence-electron chi connectivity index (χ2n) is 7.14. The van der Waals surface area contributed by atoms with E-state index >= 15 is 0 Å². The Morgan fingerprint density at radius 3 is 2.77 bits per heavy atom. The van der Waals surface area contributed by atoms with E-state index in [4.69, 9.17) is 5.21 Å². The van der Waals surface area contributed by atoms with Crippen LogP contribution in [0.15, 0.2) is 54.1 Å². The first-order chi connectivity index (χ1) is 14.6. The molecule has 4 rings (SSSR count). The maximum Gasteiger partial charge on any atom is 0.267 e. The molecule has 7 nitrogen and oxygen atoms in total. The molecule has 0 atom stereocenters. The third-order valence-corrected chi connectivity index (χ3v) is 6.02. The molecule has 0 aliphatic carbocycles. The van der Waals surface area contributed by atoms with Crippen LogP contribution in [0, 0.1) is 0 Å². The maximum absolute atomic E-state index is 12.7. The number of hydrogen-bond donors (Lipinski definition) is 3. The fourth-order valence-electron chi connectivity index (χ4n) is 3.65. The average Bonchev–Trinajstić information content (AvgIpc) is 3.26. The van der Waals surface area contributed by atoms with Gasteiger partial charge in [0.2, 0.25) is 0 Å². The summed E-state index contributed by atoms with van der Waals surface area (Å²) in [5.41, 5.74) is 6.88. The lowest BCUT2D eigenvalue weighted by atomic mass is 10.0. The van der Waals surface area contributed by atoms with Crippen molar-refractivity contribution < 1.29 is 14.8 Å². The van der Waals surface area contributed by atoms with Gasteiger partial charge < -0.3 is 10.2 Å². The summed E-state index contributed by atoms with van der Waals surface area (Å²) in [6.45, 7) is 1.60.